The Morgan fingerprint density at radius 1 is 0.519 bits per heavy atom. The van der Waals surface area contributed by atoms with Crippen LogP contribution in [0.2, 0.25) is 0 Å². The van der Waals surface area contributed by atoms with E-state index in [9.17, 15) is 5.26 Å². The third kappa shape index (κ3) is 5.27. The number of hydrogen-bond donors (Lipinski definition) is 0. The second-order valence-electron chi connectivity index (χ2n) is 14.1. The van der Waals surface area contributed by atoms with Crippen molar-refractivity contribution in [2.24, 2.45) is 0 Å². The number of nitriles is 1. The number of hydrogen-bond acceptors (Lipinski definition) is 1. The van der Waals surface area contributed by atoms with Gasteiger partial charge in [-0.15, -0.1) is 19.7 Å². The lowest BCUT2D eigenvalue weighted by Gasteiger charge is -2.22. The minimum Gasteiger partial charge on any atom is -0.309 e. The number of allylic oxidation sites excluding steroid dienone is 1. The Bertz CT molecular complexity index is 2930. The van der Waals surface area contributed by atoms with Gasteiger partial charge in [0.1, 0.15) is 0 Å². The molecule has 1 aliphatic carbocycles. The van der Waals surface area contributed by atoms with Crippen LogP contribution in [-0.2, 0) is 5.41 Å². The monoisotopic (exact) mass is 695 g/mol. The molecular weight excluding hydrogens is 655 g/mol. The molecule has 0 bridgehead atoms. The van der Waals surface area contributed by atoms with Crippen molar-refractivity contribution >= 4 is 43.6 Å². The smallest absolute Gasteiger partial charge is 0.0991 e. The number of nitrogens with zero attached hydrogens (tertiary/aromatic N) is 3. The zero-order chi connectivity index (χ0) is 37.6. The van der Waals surface area contributed by atoms with Crippen LogP contribution < -0.4 is 0 Å². The molecule has 0 saturated heterocycles. The van der Waals surface area contributed by atoms with Crippen molar-refractivity contribution in [3.8, 4) is 39.7 Å². The van der Waals surface area contributed by atoms with Crippen molar-refractivity contribution in [2.45, 2.75) is 26.2 Å². The van der Waals surface area contributed by atoms with Crippen molar-refractivity contribution in [3.63, 3.8) is 0 Å². The van der Waals surface area contributed by atoms with E-state index in [1.165, 1.54) is 82.7 Å². The van der Waals surface area contributed by atoms with E-state index >= 15 is 0 Å². The Balaban J connectivity index is 0.000000790. The first-order valence-corrected chi connectivity index (χ1v) is 18.3. The summed E-state index contributed by atoms with van der Waals surface area (Å²) < 4.78 is 4.77. The van der Waals surface area contributed by atoms with Crippen molar-refractivity contribution in [3.05, 3.63) is 194 Å². The molecule has 3 heteroatoms. The summed E-state index contributed by atoms with van der Waals surface area (Å²) in [5, 5.41) is 14.6. The van der Waals surface area contributed by atoms with Crippen LogP contribution in [0.5, 0.6) is 0 Å². The van der Waals surface area contributed by atoms with E-state index in [1.54, 1.807) is 6.08 Å². The second kappa shape index (κ2) is 13.6. The predicted molar refractivity (Wildman–Crippen MR) is 230 cm³/mol. The maximum Gasteiger partial charge on any atom is 0.0991 e. The van der Waals surface area contributed by atoms with Gasteiger partial charge in [0.25, 0.3) is 0 Å². The molecule has 2 aromatic heterocycles. The fourth-order valence-electron chi connectivity index (χ4n) is 8.37. The van der Waals surface area contributed by atoms with Gasteiger partial charge in [0.05, 0.1) is 33.7 Å². The average molecular weight is 696 g/mol. The topological polar surface area (TPSA) is 33.6 Å². The third-order valence-corrected chi connectivity index (χ3v) is 10.7. The molecule has 3 nitrogen and oxygen atoms in total. The third-order valence-electron chi connectivity index (χ3n) is 10.7. The molecule has 10 rings (SSSR count). The van der Waals surface area contributed by atoms with Crippen LogP contribution in [0.1, 0.15) is 37.5 Å². The summed E-state index contributed by atoms with van der Waals surface area (Å²) in [6.45, 7) is 15.8. The fourth-order valence-corrected chi connectivity index (χ4v) is 8.37. The van der Waals surface area contributed by atoms with E-state index in [-0.39, 0.29) is 5.41 Å². The normalized spacial score (nSPS) is 12.3. The minimum atomic E-state index is -0.207. The summed E-state index contributed by atoms with van der Waals surface area (Å²) in [5.74, 6) is 0. The number of fused-ring (bicyclic) bond motifs is 9. The van der Waals surface area contributed by atoms with E-state index in [0.29, 0.717) is 5.56 Å². The Morgan fingerprint density at radius 3 is 1.54 bits per heavy atom. The van der Waals surface area contributed by atoms with E-state index < -0.39 is 0 Å². The second-order valence-corrected chi connectivity index (χ2v) is 14.1. The van der Waals surface area contributed by atoms with Crippen molar-refractivity contribution in [1.29, 1.82) is 5.26 Å². The van der Waals surface area contributed by atoms with Gasteiger partial charge in [0, 0.05) is 38.3 Å². The fraction of sp³-hybridized carbons (Fsp3) is 0.0784. The van der Waals surface area contributed by atoms with Crippen LogP contribution in [-0.4, -0.2) is 9.13 Å². The molecular formula is C51H41N3. The van der Waals surface area contributed by atoms with E-state index in [4.69, 9.17) is 0 Å². The summed E-state index contributed by atoms with van der Waals surface area (Å²) >= 11 is 0. The average Bonchev–Trinajstić information content (AvgIpc) is 3.81. The molecule has 54 heavy (non-hydrogen) atoms. The number of para-hydroxylation sites is 3. The van der Waals surface area contributed by atoms with Gasteiger partial charge in [-0.3, -0.25) is 0 Å². The minimum absolute atomic E-state index is 0.207. The first-order valence-electron chi connectivity index (χ1n) is 18.3. The maximum absolute atomic E-state index is 9.60. The molecule has 1 aliphatic rings. The lowest BCUT2D eigenvalue weighted by molar-refractivity contribution is 0.659. The molecule has 7 aromatic carbocycles. The van der Waals surface area contributed by atoms with E-state index in [2.05, 4.69) is 194 Å². The molecule has 0 radical (unpaired) electrons. The number of rotatable bonds is 3. The predicted octanol–water partition coefficient (Wildman–Crippen LogP) is 13.7. The number of aromatic nitrogens is 2. The lowest BCUT2D eigenvalue weighted by atomic mass is 9.82. The molecule has 0 aliphatic heterocycles. The van der Waals surface area contributed by atoms with Crippen LogP contribution in [0.15, 0.2) is 177 Å². The zero-order valence-corrected chi connectivity index (χ0v) is 31.0. The molecule has 2 heterocycles. The zero-order valence-electron chi connectivity index (χ0n) is 31.0. The summed E-state index contributed by atoms with van der Waals surface area (Å²) in [4.78, 5) is 0. The van der Waals surface area contributed by atoms with Gasteiger partial charge in [-0.05, 0) is 113 Å². The Labute approximate surface area is 317 Å². The largest absolute Gasteiger partial charge is 0.309 e. The van der Waals surface area contributed by atoms with Gasteiger partial charge in [-0.1, -0.05) is 98.8 Å². The summed E-state index contributed by atoms with van der Waals surface area (Å²) in [6, 6.07) is 57.2. The van der Waals surface area contributed by atoms with Crippen molar-refractivity contribution in [1.82, 2.24) is 9.13 Å². The highest BCUT2D eigenvalue weighted by atomic mass is 15.0. The van der Waals surface area contributed by atoms with Crippen LogP contribution in [0.4, 0.5) is 0 Å². The van der Waals surface area contributed by atoms with Gasteiger partial charge >= 0.3 is 0 Å². The molecule has 260 valence electrons. The highest BCUT2D eigenvalue weighted by Crippen LogP contribution is 2.50. The quantitative estimate of drug-likeness (QED) is 0.169. The van der Waals surface area contributed by atoms with Gasteiger partial charge in [0.15, 0.2) is 0 Å². The SMILES string of the molecule is C=C.C=CC.CC1(C)c2cc(C#N)ccc2-c2ccc(-n3c4ccccc4c4cc(-c5ccc6c(c5)c5ccccc5n6-c5ccccc5)ccc43)cc21. The van der Waals surface area contributed by atoms with Crippen LogP contribution in [0.25, 0.3) is 77.2 Å². The summed E-state index contributed by atoms with van der Waals surface area (Å²) in [7, 11) is 0. The maximum atomic E-state index is 9.60. The molecule has 0 amide bonds. The Kier molecular flexibility index (Phi) is 8.61. The van der Waals surface area contributed by atoms with Crippen molar-refractivity contribution in [2.75, 3.05) is 0 Å². The first-order chi connectivity index (χ1) is 26.4. The Hall–Kier alpha value is -6.89. The lowest BCUT2D eigenvalue weighted by Crippen LogP contribution is -2.15. The molecule has 0 spiro atoms. The van der Waals surface area contributed by atoms with Gasteiger partial charge in [0.2, 0.25) is 0 Å². The standard InChI is InChI=1S/C46H31N3.C3H6.C2H4/c1-46(2)40-24-29(28-47)16-20-34(40)35-21-19-33(27-41(35)46)49-43-15-9-7-13-37(43)39-26-31(18-23-45(39)49)30-17-22-44-38(25-30)36-12-6-8-14-42(36)48(44)32-10-4-3-5-11-32;1-3-2;1-2/h3-27H,1-2H3;3H,1H2,2H3;1-2H2. The Morgan fingerprint density at radius 2 is 0.981 bits per heavy atom. The van der Waals surface area contributed by atoms with Gasteiger partial charge in [-0.2, -0.15) is 5.26 Å². The highest BCUT2D eigenvalue weighted by molar-refractivity contribution is 6.12. The molecule has 0 fully saturated rings. The van der Waals surface area contributed by atoms with Crippen molar-refractivity contribution < 1.29 is 0 Å². The molecule has 0 N–H and O–H groups in total. The van der Waals surface area contributed by atoms with E-state index in [1.807, 2.05) is 13.0 Å². The summed E-state index contributed by atoms with van der Waals surface area (Å²) in [6.07, 6.45) is 1.75. The number of benzene rings is 7. The van der Waals surface area contributed by atoms with Crippen LogP contribution in [0, 0.1) is 11.3 Å². The van der Waals surface area contributed by atoms with Crippen LogP contribution in [0.3, 0.4) is 0 Å². The molecule has 0 unspecified atom stereocenters. The van der Waals surface area contributed by atoms with Gasteiger partial charge in [-0.25, -0.2) is 0 Å². The first kappa shape index (κ1) is 34.2. The van der Waals surface area contributed by atoms with Gasteiger partial charge < -0.3 is 9.13 Å². The molecule has 0 saturated carbocycles. The van der Waals surface area contributed by atoms with Crippen LogP contribution >= 0.6 is 0 Å². The van der Waals surface area contributed by atoms with E-state index in [0.717, 1.165) is 5.69 Å². The highest BCUT2D eigenvalue weighted by Gasteiger charge is 2.36. The molecule has 0 atom stereocenters. The summed E-state index contributed by atoms with van der Waals surface area (Å²) in [5.41, 5.74) is 15.0. The molecule has 9 aromatic rings.